The van der Waals surface area contributed by atoms with Crippen LogP contribution in [0.2, 0.25) is 0 Å². The third-order valence-corrected chi connectivity index (χ3v) is 5.11. The molecule has 3 fully saturated rings. The van der Waals surface area contributed by atoms with Gasteiger partial charge in [0, 0.05) is 42.5 Å². The Morgan fingerprint density at radius 3 is 2.43 bits per heavy atom. The maximum Gasteiger partial charge on any atom is 0.321 e. The lowest BCUT2D eigenvalue weighted by Gasteiger charge is -2.29. The number of amides is 3. The predicted molar refractivity (Wildman–Crippen MR) is 87.6 cm³/mol. The molecule has 3 amide bonds. The van der Waals surface area contributed by atoms with Gasteiger partial charge in [0.1, 0.15) is 0 Å². The van der Waals surface area contributed by atoms with E-state index in [4.69, 9.17) is 0 Å². The summed E-state index contributed by atoms with van der Waals surface area (Å²) in [5.74, 6) is -0.0197. The number of carbonyl (C=O) groups excluding carboxylic acids is 2. The van der Waals surface area contributed by atoms with E-state index in [1.54, 1.807) is 17.0 Å². The molecule has 1 aromatic rings. The minimum absolute atomic E-state index is 0.0197. The van der Waals surface area contributed by atoms with Crippen LogP contribution in [0.5, 0.6) is 0 Å². The summed E-state index contributed by atoms with van der Waals surface area (Å²) in [6.45, 7) is 1.33. The Bertz CT molecular complexity index is 604. The first-order valence-corrected chi connectivity index (χ1v) is 8.41. The molecule has 1 aromatic carbocycles. The Morgan fingerprint density at radius 1 is 1.13 bits per heavy atom. The molecule has 3 saturated heterocycles. The first-order chi connectivity index (χ1) is 11.2. The maximum atomic E-state index is 12.4. The number of benzene rings is 1. The fourth-order valence-electron chi connectivity index (χ4n) is 3.95. The second-order valence-electron chi connectivity index (χ2n) is 6.71. The van der Waals surface area contributed by atoms with E-state index in [-0.39, 0.29) is 18.0 Å². The third kappa shape index (κ3) is 2.91. The van der Waals surface area contributed by atoms with Crippen molar-refractivity contribution >= 4 is 17.6 Å². The minimum Gasteiger partial charge on any atom is -0.349 e. The number of rotatable bonds is 3. The van der Waals surface area contributed by atoms with Gasteiger partial charge >= 0.3 is 6.03 Å². The van der Waals surface area contributed by atoms with Crippen molar-refractivity contribution in [2.24, 2.45) is 0 Å². The molecule has 4 rings (SSSR count). The van der Waals surface area contributed by atoms with E-state index in [1.807, 2.05) is 12.1 Å². The molecule has 6 nitrogen and oxygen atoms in total. The summed E-state index contributed by atoms with van der Waals surface area (Å²) >= 11 is 0. The zero-order chi connectivity index (χ0) is 15.8. The standard InChI is InChI=1S/C17H22N4O2/c22-16(20-14-9-12-3-4-13(10-14)19-12)11-1-5-15(6-2-11)21-8-7-18-17(21)23/h1-2,5-6,12-14,19H,3-4,7-10H2,(H,18,23)(H,20,22). The van der Waals surface area contributed by atoms with Gasteiger partial charge in [0.05, 0.1) is 0 Å². The van der Waals surface area contributed by atoms with Gasteiger partial charge in [-0.3, -0.25) is 9.69 Å². The number of urea groups is 1. The van der Waals surface area contributed by atoms with Gasteiger partial charge in [-0.25, -0.2) is 4.79 Å². The Hall–Kier alpha value is -2.08. The van der Waals surface area contributed by atoms with Gasteiger partial charge in [-0.05, 0) is 49.9 Å². The fourth-order valence-corrected chi connectivity index (χ4v) is 3.95. The highest BCUT2D eigenvalue weighted by molar-refractivity contribution is 5.97. The molecule has 0 aliphatic carbocycles. The predicted octanol–water partition coefficient (Wildman–Crippen LogP) is 1.23. The van der Waals surface area contributed by atoms with Crippen LogP contribution in [0, 0.1) is 0 Å². The SMILES string of the molecule is O=C(NC1CC2CCC(C1)N2)c1ccc(N2CCNC2=O)cc1. The molecule has 2 unspecified atom stereocenters. The first kappa shape index (κ1) is 14.5. The van der Waals surface area contributed by atoms with Crippen LogP contribution >= 0.6 is 0 Å². The highest BCUT2D eigenvalue weighted by Gasteiger charge is 2.34. The van der Waals surface area contributed by atoms with Crippen LogP contribution in [0.3, 0.4) is 0 Å². The van der Waals surface area contributed by atoms with Gasteiger partial charge in [0.25, 0.3) is 5.91 Å². The second-order valence-corrected chi connectivity index (χ2v) is 6.71. The molecule has 3 N–H and O–H groups in total. The summed E-state index contributed by atoms with van der Waals surface area (Å²) in [4.78, 5) is 25.8. The third-order valence-electron chi connectivity index (χ3n) is 5.11. The van der Waals surface area contributed by atoms with Crippen molar-refractivity contribution < 1.29 is 9.59 Å². The number of fused-ring (bicyclic) bond motifs is 2. The molecule has 6 heteroatoms. The van der Waals surface area contributed by atoms with Crippen LogP contribution in [0.15, 0.2) is 24.3 Å². The Labute approximate surface area is 135 Å². The summed E-state index contributed by atoms with van der Waals surface area (Å²) in [6.07, 6.45) is 4.50. The molecular formula is C17H22N4O2. The lowest BCUT2D eigenvalue weighted by atomic mass is 9.99. The normalized spacial score (nSPS) is 29.5. The molecule has 122 valence electrons. The van der Waals surface area contributed by atoms with Gasteiger partial charge in [0.2, 0.25) is 0 Å². The average molecular weight is 314 g/mol. The molecule has 0 spiro atoms. The average Bonchev–Trinajstić information content (AvgIpc) is 3.13. The number of piperidine rings is 1. The quantitative estimate of drug-likeness (QED) is 0.785. The number of hydrogen-bond acceptors (Lipinski definition) is 3. The second kappa shape index (κ2) is 5.85. The van der Waals surface area contributed by atoms with Crippen LogP contribution in [-0.2, 0) is 0 Å². The Kier molecular flexibility index (Phi) is 3.69. The summed E-state index contributed by atoms with van der Waals surface area (Å²) in [5.41, 5.74) is 1.48. The molecule has 2 bridgehead atoms. The summed E-state index contributed by atoms with van der Waals surface area (Å²) < 4.78 is 0. The van der Waals surface area contributed by atoms with Crippen molar-refractivity contribution in [3.05, 3.63) is 29.8 Å². The van der Waals surface area contributed by atoms with Gasteiger partial charge < -0.3 is 16.0 Å². The Morgan fingerprint density at radius 2 is 1.83 bits per heavy atom. The molecule has 0 aromatic heterocycles. The summed E-state index contributed by atoms with van der Waals surface area (Å²) in [7, 11) is 0. The van der Waals surface area contributed by atoms with Gasteiger partial charge in [0.15, 0.2) is 0 Å². The molecule has 2 atom stereocenters. The number of anilines is 1. The number of nitrogens with one attached hydrogen (secondary N) is 3. The van der Waals surface area contributed by atoms with Crippen LogP contribution in [0.25, 0.3) is 0 Å². The minimum atomic E-state index is -0.0765. The molecule has 3 aliphatic heterocycles. The summed E-state index contributed by atoms with van der Waals surface area (Å²) in [5, 5.41) is 9.52. The van der Waals surface area contributed by atoms with E-state index in [2.05, 4.69) is 16.0 Å². The molecule has 0 saturated carbocycles. The van der Waals surface area contributed by atoms with Crippen LogP contribution < -0.4 is 20.9 Å². The summed E-state index contributed by atoms with van der Waals surface area (Å²) in [6, 6.07) is 8.60. The maximum absolute atomic E-state index is 12.4. The lowest BCUT2D eigenvalue weighted by Crippen LogP contribution is -2.48. The monoisotopic (exact) mass is 314 g/mol. The Balaban J connectivity index is 1.39. The van der Waals surface area contributed by atoms with E-state index in [9.17, 15) is 9.59 Å². The zero-order valence-electron chi connectivity index (χ0n) is 13.0. The largest absolute Gasteiger partial charge is 0.349 e. The van der Waals surface area contributed by atoms with E-state index in [0.29, 0.717) is 30.7 Å². The lowest BCUT2D eigenvalue weighted by molar-refractivity contribution is 0.0924. The van der Waals surface area contributed by atoms with E-state index in [1.165, 1.54) is 12.8 Å². The highest BCUT2D eigenvalue weighted by Crippen LogP contribution is 2.27. The highest BCUT2D eigenvalue weighted by atomic mass is 16.2. The van der Waals surface area contributed by atoms with E-state index in [0.717, 1.165) is 18.5 Å². The van der Waals surface area contributed by atoms with Crippen LogP contribution in [0.1, 0.15) is 36.0 Å². The molecule has 0 radical (unpaired) electrons. The van der Waals surface area contributed by atoms with Gasteiger partial charge in [-0.2, -0.15) is 0 Å². The molecular weight excluding hydrogens is 292 g/mol. The van der Waals surface area contributed by atoms with Crippen molar-refractivity contribution in [3.63, 3.8) is 0 Å². The molecule has 3 heterocycles. The van der Waals surface area contributed by atoms with Crippen molar-refractivity contribution in [1.82, 2.24) is 16.0 Å². The van der Waals surface area contributed by atoms with E-state index >= 15 is 0 Å². The van der Waals surface area contributed by atoms with Gasteiger partial charge in [-0.15, -0.1) is 0 Å². The molecule has 23 heavy (non-hydrogen) atoms. The number of carbonyl (C=O) groups is 2. The first-order valence-electron chi connectivity index (χ1n) is 8.41. The van der Waals surface area contributed by atoms with Gasteiger partial charge in [-0.1, -0.05) is 0 Å². The number of nitrogens with zero attached hydrogens (tertiary/aromatic N) is 1. The van der Waals surface area contributed by atoms with Crippen molar-refractivity contribution in [2.45, 2.75) is 43.8 Å². The van der Waals surface area contributed by atoms with Crippen molar-refractivity contribution in [1.29, 1.82) is 0 Å². The smallest absolute Gasteiger partial charge is 0.321 e. The van der Waals surface area contributed by atoms with Crippen LogP contribution in [-0.4, -0.2) is 43.2 Å². The van der Waals surface area contributed by atoms with Crippen molar-refractivity contribution in [3.8, 4) is 0 Å². The van der Waals surface area contributed by atoms with Crippen LogP contribution in [0.4, 0.5) is 10.5 Å². The van der Waals surface area contributed by atoms with E-state index < -0.39 is 0 Å². The van der Waals surface area contributed by atoms with Crippen molar-refractivity contribution in [2.75, 3.05) is 18.0 Å². The topological polar surface area (TPSA) is 73.5 Å². The zero-order valence-corrected chi connectivity index (χ0v) is 13.0. The number of hydrogen-bond donors (Lipinski definition) is 3. The fraction of sp³-hybridized carbons (Fsp3) is 0.529. The molecule has 3 aliphatic rings.